The molecule has 27 heavy (non-hydrogen) atoms. The van der Waals surface area contributed by atoms with E-state index in [0.717, 1.165) is 35.2 Å². The SMILES string of the molecule is Cc1ccc2sc(N(CC3CCCO3)C(=O)c3ccc(Cl)cc3)nc2c1C. The predicted molar refractivity (Wildman–Crippen MR) is 111 cm³/mol. The lowest BCUT2D eigenvalue weighted by Gasteiger charge is -2.23. The largest absolute Gasteiger partial charge is 0.376 e. The van der Waals surface area contributed by atoms with E-state index in [-0.39, 0.29) is 12.0 Å². The molecule has 140 valence electrons. The Morgan fingerprint density at radius 2 is 2.04 bits per heavy atom. The van der Waals surface area contributed by atoms with E-state index in [9.17, 15) is 4.79 Å². The van der Waals surface area contributed by atoms with Gasteiger partial charge in [0, 0.05) is 17.2 Å². The van der Waals surface area contributed by atoms with Crippen molar-refractivity contribution in [2.24, 2.45) is 0 Å². The minimum absolute atomic E-state index is 0.0519. The van der Waals surface area contributed by atoms with Crippen molar-refractivity contribution in [2.45, 2.75) is 32.8 Å². The highest BCUT2D eigenvalue weighted by Gasteiger charge is 2.27. The van der Waals surface area contributed by atoms with Crippen LogP contribution in [0.2, 0.25) is 5.02 Å². The summed E-state index contributed by atoms with van der Waals surface area (Å²) in [7, 11) is 0. The van der Waals surface area contributed by atoms with Crippen LogP contribution in [0.25, 0.3) is 10.2 Å². The van der Waals surface area contributed by atoms with E-state index in [0.29, 0.717) is 22.3 Å². The fraction of sp³-hybridized carbons (Fsp3) is 0.333. The first-order valence-corrected chi connectivity index (χ1v) is 10.3. The molecule has 6 heteroatoms. The van der Waals surface area contributed by atoms with Crippen LogP contribution in [0.4, 0.5) is 5.13 Å². The summed E-state index contributed by atoms with van der Waals surface area (Å²) in [6.45, 7) is 5.43. The Kier molecular flexibility index (Phi) is 5.17. The molecule has 1 aliphatic rings. The van der Waals surface area contributed by atoms with Crippen molar-refractivity contribution >= 4 is 44.2 Å². The number of halogens is 1. The number of ether oxygens (including phenoxy) is 1. The molecule has 4 nitrogen and oxygen atoms in total. The molecule has 3 aromatic rings. The van der Waals surface area contributed by atoms with E-state index in [1.807, 2.05) is 0 Å². The number of nitrogens with zero attached hydrogens (tertiary/aromatic N) is 2. The summed E-state index contributed by atoms with van der Waals surface area (Å²) in [5.74, 6) is -0.0735. The minimum Gasteiger partial charge on any atom is -0.376 e. The molecular weight excluding hydrogens is 380 g/mol. The van der Waals surface area contributed by atoms with Gasteiger partial charge >= 0.3 is 0 Å². The lowest BCUT2D eigenvalue weighted by molar-refractivity contribution is 0.0917. The quantitative estimate of drug-likeness (QED) is 0.589. The second-order valence-corrected chi connectivity index (χ2v) is 8.35. The number of amides is 1. The Bertz CT molecular complexity index is 978. The Morgan fingerprint density at radius 1 is 1.26 bits per heavy atom. The first-order chi connectivity index (χ1) is 13.0. The third-order valence-electron chi connectivity index (χ3n) is 5.05. The Hall–Kier alpha value is -1.95. The highest BCUT2D eigenvalue weighted by molar-refractivity contribution is 7.22. The van der Waals surface area contributed by atoms with Gasteiger partial charge in [0.1, 0.15) is 0 Å². The number of fused-ring (bicyclic) bond motifs is 1. The number of carbonyl (C=O) groups is 1. The Morgan fingerprint density at radius 3 is 2.74 bits per heavy atom. The summed E-state index contributed by atoms with van der Waals surface area (Å²) in [5.41, 5.74) is 3.93. The monoisotopic (exact) mass is 400 g/mol. The number of anilines is 1. The molecule has 1 atom stereocenters. The van der Waals surface area contributed by atoms with Crippen LogP contribution in [-0.2, 0) is 4.74 Å². The van der Waals surface area contributed by atoms with Crippen LogP contribution in [-0.4, -0.2) is 30.1 Å². The van der Waals surface area contributed by atoms with Gasteiger partial charge in [0.15, 0.2) is 5.13 Å². The molecule has 0 spiro atoms. The summed E-state index contributed by atoms with van der Waals surface area (Å²) < 4.78 is 6.88. The zero-order valence-corrected chi connectivity index (χ0v) is 16.9. The van der Waals surface area contributed by atoms with Crippen LogP contribution in [0.1, 0.15) is 34.3 Å². The summed E-state index contributed by atoms with van der Waals surface area (Å²) >= 11 is 7.53. The predicted octanol–water partition coefficient (Wildman–Crippen LogP) is 5.39. The van der Waals surface area contributed by atoms with Crippen LogP contribution >= 0.6 is 22.9 Å². The number of benzene rings is 2. The van der Waals surface area contributed by atoms with Crippen molar-refractivity contribution < 1.29 is 9.53 Å². The number of aromatic nitrogens is 1. The molecule has 0 N–H and O–H groups in total. The van der Waals surface area contributed by atoms with Gasteiger partial charge in [-0.3, -0.25) is 9.69 Å². The average Bonchev–Trinajstić information content (AvgIpc) is 3.33. The van der Waals surface area contributed by atoms with Gasteiger partial charge < -0.3 is 4.74 Å². The molecule has 0 aliphatic carbocycles. The number of thiazole rings is 1. The van der Waals surface area contributed by atoms with E-state index in [4.69, 9.17) is 21.3 Å². The van der Waals surface area contributed by atoms with E-state index in [2.05, 4.69) is 26.0 Å². The van der Waals surface area contributed by atoms with Crippen LogP contribution in [0.15, 0.2) is 36.4 Å². The molecule has 1 aliphatic heterocycles. The van der Waals surface area contributed by atoms with Crippen molar-refractivity contribution in [2.75, 3.05) is 18.1 Å². The summed E-state index contributed by atoms with van der Waals surface area (Å²) in [6.07, 6.45) is 2.05. The second kappa shape index (κ2) is 7.58. The Balaban J connectivity index is 1.74. The van der Waals surface area contributed by atoms with Crippen molar-refractivity contribution in [3.63, 3.8) is 0 Å². The number of hydrogen-bond acceptors (Lipinski definition) is 4. The molecule has 2 heterocycles. The van der Waals surface area contributed by atoms with E-state index in [1.165, 1.54) is 5.56 Å². The highest BCUT2D eigenvalue weighted by Crippen LogP contribution is 2.33. The smallest absolute Gasteiger partial charge is 0.260 e. The fourth-order valence-electron chi connectivity index (χ4n) is 3.32. The zero-order valence-electron chi connectivity index (χ0n) is 15.4. The van der Waals surface area contributed by atoms with Crippen LogP contribution in [0.5, 0.6) is 0 Å². The molecule has 2 aromatic carbocycles. The van der Waals surface area contributed by atoms with Crippen LogP contribution < -0.4 is 4.90 Å². The third-order valence-corrected chi connectivity index (χ3v) is 6.35. The molecule has 1 unspecified atom stereocenters. The van der Waals surface area contributed by atoms with E-state index in [1.54, 1.807) is 40.5 Å². The van der Waals surface area contributed by atoms with Crippen molar-refractivity contribution in [1.82, 2.24) is 4.98 Å². The number of rotatable bonds is 4. The summed E-state index contributed by atoms with van der Waals surface area (Å²) in [4.78, 5) is 19.9. The topological polar surface area (TPSA) is 42.4 Å². The second-order valence-electron chi connectivity index (χ2n) is 6.91. The standard InChI is InChI=1S/C21H21ClN2O2S/c1-13-5-10-18-19(14(13)2)23-21(27-18)24(12-17-4-3-11-26-17)20(25)15-6-8-16(22)9-7-15/h5-10,17H,3-4,11-12H2,1-2H3. The van der Waals surface area contributed by atoms with Gasteiger partial charge in [-0.2, -0.15) is 0 Å². The molecule has 1 amide bonds. The fourth-order valence-corrected chi connectivity index (χ4v) is 4.48. The van der Waals surface area contributed by atoms with Gasteiger partial charge in [0.2, 0.25) is 0 Å². The number of hydrogen-bond donors (Lipinski definition) is 0. The molecular formula is C21H21ClN2O2S. The molecule has 1 saturated heterocycles. The molecule has 0 bridgehead atoms. The maximum absolute atomic E-state index is 13.3. The van der Waals surface area contributed by atoms with Crippen molar-refractivity contribution in [3.8, 4) is 0 Å². The van der Waals surface area contributed by atoms with E-state index >= 15 is 0 Å². The normalized spacial score (nSPS) is 16.8. The molecule has 1 fully saturated rings. The van der Waals surface area contributed by atoms with Gasteiger partial charge in [0.05, 0.1) is 22.9 Å². The zero-order chi connectivity index (χ0) is 19.0. The third kappa shape index (κ3) is 3.72. The minimum atomic E-state index is -0.0735. The summed E-state index contributed by atoms with van der Waals surface area (Å²) in [6, 6.07) is 11.2. The molecule has 4 rings (SSSR count). The highest BCUT2D eigenvalue weighted by atomic mass is 35.5. The first-order valence-electron chi connectivity index (χ1n) is 9.08. The first kappa shape index (κ1) is 18.4. The van der Waals surface area contributed by atoms with Crippen LogP contribution in [0.3, 0.4) is 0 Å². The van der Waals surface area contributed by atoms with Gasteiger partial charge in [-0.1, -0.05) is 29.0 Å². The Labute approximate surface area is 167 Å². The summed E-state index contributed by atoms with van der Waals surface area (Å²) in [5, 5.41) is 1.33. The maximum atomic E-state index is 13.3. The van der Waals surface area contributed by atoms with Crippen LogP contribution in [0, 0.1) is 13.8 Å². The average molecular weight is 401 g/mol. The van der Waals surface area contributed by atoms with E-state index < -0.39 is 0 Å². The lowest BCUT2D eigenvalue weighted by Crippen LogP contribution is -2.37. The van der Waals surface area contributed by atoms with Crippen molar-refractivity contribution in [3.05, 3.63) is 58.1 Å². The molecule has 0 radical (unpaired) electrons. The van der Waals surface area contributed by atoms with Gasteiger partial charge in [-0.05, 0) is 68.1 Å². The molecule has 1 aromatic heterocycles. The lowest BCUT2D eigenvalue weighted by atomic mass is 10.1. The molecule has 0 saturated carbocycles. The van der Waals surface area contributed by atoms with Crippen molar-refractivity contribution in [1.29, 1.82) is 0 Å². The van der Waals surface area contributed by atoms with Gasteiger partial charge in [0.25, 0.3) is 5.91 Å². The van der Waals surface area contributed by atoms with Gasteiger partial charge in [-0.25, -0.2) is 4.98 Å². The number of carbonyl (C=O) groups excluding carboxylic acids is 1. The number of aryl methyl sites for hydroxylation is 2. The van der Waals surface area contributed by atoms with Gasteiger partial charge in [-0.15, -0.1) is 0 Å². The maximum Gasteiger partial charge on any atom is 0.260 e.